The number of halogens is 6. The van der Waals surface area contributed by atoms with E-state index in [0.717, 1.165) is 12.4 Å². The van der Waals surface area contributed by atoms with E-state index in [1.807, 2.05) is 0 Å². The van der Waals surface area contributed by atoms with Crippen LogP contribution in [0.4, 0.5) is 26.3 Å². The molecule has 0 fully saturated rings. The van der Waals surface area contributed by atoms with E-state index in [2.05, 4.69) is 40.4 Å². The lowest BCUT2D eigenvalue weighted by atomic mass is 9.99. The standard InChI is InChI=1S/C22H20F3N5O3.C21H18F3N5O3/c1-21(2,31)11-30-20(22(23,24)25)14(10-28-30)19-17(15-8-9-26-12-27-15)18(29-33-19)13-6-4-5-7-16(13)32-3;1-12(30)10-29-20(21(22,23)24)14(9-27-29)19-17(15-7-8-25-11-26-15)18(28-32-19)13-5-3-4-6-16(13)31-2/h4-10,12,31H,11H2,1-3H3;3-9,11-12,30H,10H2,1-2H3. The number of aliphatic hydroxyl groups is 2. The summed E-state index contributed by atoms with van der Waals surface area (Å²) in [6, 6.07) is 16.9. The number of hydrogen-bond donors (Lipinski definition) is 2. The Bertz CT molecular complexity index is 2870. The molecule has 2 aromatic carbocycles. The number of methoxy groups -OCH3 is 2. The highest BCUT2D eigenvalue weighted by atomic mass is 19.4. The first-order chi connectivity index (χ1) is 30.9. The largest absolute Gasteiger partial charge is 0.496 e. The molecule has 8 rings (SSSR count). The summed E-state index contributed by atoms with van der Waals surface area (Å²) in [5.74, 6) is 0.600. The first-order valence-corrected chi connectivity index (χ1v) is 19.4. The highest BCUT2D eigenvalue weighted by Gasteiger charge is 2.43. The maximum atomic E-state index is 14.1. The van der Waals surface area contributed by atoms with Crippen molar-refractivity contribution in [3.8, 4) is 79.2 Å². The van der Waals surface area contributed by atoms with Gasteiger partial charge in [-0.25, -0.2) is 19.9 Å². The number of hydrogen-bond acceptors (Lipinski definition) is 14. The second kappa shape index (κ2) is 18.3. The van der Waals surface area contributed by atoms with Gasteiger partial charge in [-0.15, -0.1) is 0 Å². The zero-order chi connectivity index (χ0) is 46.7. The molecule has 0 aliphatic carbocycles. The van der Waals surface area contributed by atoms with Gasteiger partial charge in [-0.1, -0.05) is 34.6 Å². The van der Waals surface area contributed by atoms with Gasteiger partial charge < -0.3 is 28.7 Å². The smallest absolute Gasteiger partial charge is 0.433 e. The van der Waals surface area contributed by atoms with Crippen LogP contribution in [0.2, 0.25) is 0 Å². The van der Waals surface area contributed by atoms with Crippen molar-refractivity contribution in [1.82, 2.24) is 49.8 Å². The zero-order valence-electron chi connectivity index (χ0n) is 35.0. The van der Waals surface area contributed by atoms with Gasteiger partial charge in [0.05, 0.1) is 85.0 Å². The topological polar surface area (TPSA) is 198 Å². The molecule has 8 aromatic rings. The first-order valence-electron chi connectivity index (χ1n) is 19.4. The predicted molar refractivity (Wildman–Crippen MR) is 219 cm³/mol. The van der Waals surface area contributed by atoms with Crippen LogP contribution in [-0.2, 0) is 25.4 Å². The Morgan fingerprint density at radius 2 is 1.08 bits per heavy atom. The van der Waals surface area contributed by atoms with Crippen molar-refractivity contribution >= 4 is 0 Å². The van der Waals surface area contributed by atoms with Gasteiger partial charge in [0.2, 0.25) is 0 Å². The van der Waals surface area contributed by atoms with E-state index in [9.17, 15) is 36.6 Å². The highest BCUT2D eigenvalue weighted by Crippen LogP contribution is 2.47. The fourth-order valence-corrected chi connectivity index (χ4v) is 6.92. The average Bonchev–Trinajstić information content (AvgIpc) is 4.08. The molecule has 0 saturated heterocycles. The summed E-state index contributed by atoms with van der Waals surface area (Å²) in [6.07, 6.45) is -3.00. The molecule has 0 radical (unpaired) electrons. The Kier molecular flexibility index (Phi) is 12.8. The summed E-state index contributed by atoms with van der Waals surface area (Å²) in [5, 5.41) is 35.6. The van der Waals surface area contributed by atoms with Crippen molar-refractivity contribution in [1.29, 1.82) is 0 Å². The molecule has 22 heteroatoms. The van der Waals surface area contributed by atoms with Crippen LogP contribution in [0.1, 0.15) is 32.2 Å². The Labute approximate surface area is 365 Å². The molecule has 6 aromatic heterocycles. The summed E-state index contributed by atoms with van der Waals surface area (Å²) < 4.78 is 108. The minimum atomic E-state index is -4.78. The Balaban J connectivity index is 0.000000194. The van der Waals surface area contributed by atoms with E-state index in [1.165, 1.54) is 60.0 Å². The van der Waals surface area contributed by atoms with Crippen LogP contribution >= 0.6 is 0 Å². The van der Waals surface area contributed by atoms with Crippen LogP contribution in [-0.4, -0.2) is 85.9 Å². The van der Waals surface area contributed by atoms with E-state index < -0.39 is 35.4 Å². The Morgan fingerprint density at radius 3 is 1.46 bits per heavy atom. The zero-order valence-corrected chi connectivity index (χ0v) is 35.0. The molecule has 1 unspecified atom stereocenters. The normalized spacial score (nSPS) is 12.4. The number of alkyl halides is 6. The fraction of sp³-hybridized carbons (Fsp3) is 0.256. The van der Waals surface area contributed by atoms with E-state index in [-0.39, 0.29) is 58.3 Å². The van der Waals surface area contributed by atoms with Crippen molar-refractivity contribution in [2.45, 2.75) is 57.9 Å². The van der Waals surface area contributed by atoms with Crippen LogP contribution in [0.3, 0.4) is 0 Å². The molecular weight excluding hydrogens is 867 g/mol. The van der Waals surface area contributed by atoms with Gasteiger partial charge >= 0.3 is 12.4 Å². The molecule has 338 valence electrons. The summed E-state index contributed by atoms with van der Waals surface area (Å²) in [7, 11) is 2.96. The third kappa shape index (κ3) is 9.72. The number of aliphatic hydroxyl groups excluding tert-OH is 1. The lowest BCUT2D eigenvalue weighted by molar-refractivity contribution is -0.145. The lowest BCUT2D eigenvalue weighted by Crippen LogP contribution is -2.29. The van der Waals surface area contributed by atoms with Crippen LogP contribution < -0.4 is 9.47 Å². The van der Waals surface area contributed by atoms with Crippen molar-refractivity contribution in [2.24, 2.45) is 0 Å². The quantitative estimate of drug-likeness (QED) is 0.111. The van der Waals surface area contributed by atoms with Crippen LogP contribution in [0.15, 0.2) is 107 Å². The minimum absolute atomic E-state index is 0.159. The molecule has 0 spiro atoms. The molecule has 0 saturated carbocycles. The SMILES string of the molecule is COc1ccccc1-c1noc(-c2cnn(CC(C)(C)O)c2C(F)(F)F)c1-c1ccncn1.COc1ccccc1-c1noc(-c2cnn(CC(C)O)c2C(F)(F)F)c1-c1ccncn1. The summed E-state index contributed by atoms with van der Waals surface area (Å²) in [4.78, 5) is 16.2. The van der Waals surface area contributed by atoms with E-state index >= 15 is 0 Å². The second-order valence-corrected chi connectivity index (χ2v) is 14.9. The third-order valence-corrected chi connectivity index (χ3v) is 9.46. The van der Waals surface area contributed by atoms with Crippen LogP contribution in [0.5, 0.6) is 11.5 Å². The van der Waals surface area contributed by atoms with Crippen LogP contribution in [0, 0.1) is 0 Å². The number of benzene rings is 2. The maximum Gasteiger partial charge on any atom is 0.433 e. The van der Waals surface area contributed by atoms with Gasteiger partial charge in [-0.3, -0.25) is 9.36 Å². The van der Waals surface area contributed by atoms with Gasteiger partial charge in [-0.2, -0.15) is 36.5 Å². The summed E-state index contributed by atoms with van der Waals surface area (Å²) >= 11 is 0. The predicted octanol–water partition coefficient (Wildman–Crippen LogP) is 8.53. The number of rotatable bonds is 12. The molecule has 2 N–H and O–H groups in total. The average molecular weight is 905 g/mol. The van der Waals surface area contributed by atoms with Crippen molar-refractivity contribution in [3.05, 3.63) is 109 Å². The first kappa shape index (κ1) is 45.6. The monoisotopic (exact) mass is 904 g/mol. The van der Waals surface area contributed by atoms with Crippen LogP contribution in [0.25, 0.3) is 67.7 Å². The van der Waals surface area contributed by atoms with Gasteiger partial charge in [0.1, 0.15) is 35.5 Å². The molecule has 0 bridgehead atoms. The molecule has 0 amide bonds. The molecule has 65 heavy (non-hydrogen) atoms. The summed E-state index contributed by atoms with van der Waals surface area (Å²) in [6.45, 7) is 3.45. The molecule has 1 atom stereocenters. The molecular formula is C43H38F6N10O6. The highest BCUT2D eigenvalue weighted by molar-refractivity contribution is 5.92. The molecule has 0 aliphatic heterocycles. The minimum Gasteiger partial charge on any atom is -0.496 e. The molecule has 16 nitrogen and oxygen atoms in total. The van der Waals surface area contributed by atoms with Gasteiger partial charge in [0.25, 0.3) is 0 Å². The van der Waals surface area contributed by atoms with Crippen molar-refractivity contribution in [2.75, 3.05) is 14.2 Å². The van der Waals surface area contributed by atoms with E-state index in [1.54, 1.807) is 60.7 Å². The third-order valence-electron chi connectivity index (χ3n) is 9.46. The van der Waals surface area contributed by atoms with Crippen molar-refractivity contribution in [3.63, 3.8) is 0 Å². The van der Waals surface area contributed by atoms with Crippen molar-refractivity contribution < 1.29 is 55.1 Å². The second-order valence-electron chi connectivity index (χ2n) is 14.9. The van der Waals surface area contributed by atoms with Gasteiger partial charge in [0, 0.05) is 23.5 Å². The fourth-order valence-electron chi connectivity index (χ4n) is 6.92. The Hall–Kier alpha value is -7.46. The van der Waals surface area contributed by atoms with Gasteiger partial charge in [0.15, 0.2) is 22.9 Å². The lowest BCUT2D eigenvalue weighted by Gasteiger charge is -2.20. The summed E-state index contributed by atoms with van der Waals surface area (Å²) in [5.41, 5.74) is -1.56. The van der Waals surface area contributed by atoms with E-state index in [4.69, 9.17) is 18.5 Å². The number of aromatic nitrogens is 10. The number of ether oxygens (including phenoxy) is 2. The number of para-hydroxylation sites is 2. The van der Waals surface area contributed by atoms with Gasteiger partial charge in [-0.05, 0) is 57.2 Å². The maximum absolute atomic E-state index is 14.1. The number of nitrogens with zero attached hydrogens (tertiary/aromatic N) is 10. The van der Waals surface area contributed by atoms with E-state index in [0.29, 0.717) is 43.4 Å². The Morgan fingerprint density at radius 1 is 0.646 bits per heavy atom. The molecule has 0 aliphatic rings. The molecule has 6 heterocycles.